The molecule has 14 heavy (non-hydrogen) atoms. The average Bonchev–Trinajstić information content (AvgIpc) is 2.46. The van der Waals surface area contributed by atoms with Crippen molar-refractivity contribution in [2.45, 2.75) is 39.0 Å². The smallest absolute Gasteiger partial charge is 0.107 e. The van der Waals surface area contributed by atoms with Gasteiger partial charge in [0.15, 0.2) is 0 Å². The number of hydrogen-bond acceptors (Lipinski definition) is 3. The van der Waals surface area contributed by atoms with Crippen LogP contribution in [-0.4, -0.2) is 12.1 Å². The summed E-state index contributed by atoms with van der Waals surface area (Å²) in [5.41, 5.74) is 5.89. The molecule has 1 aromatic rings. The number of thiophene rings is 1. The molecule has 2 N–H and O–H groups in total. The molecule has 0 spiro atoms. The highest BCUT2D eigenvalue weighted by atomic mass is 79.9. The van der Waals surface area contributed by atoms with Crippen LogP contribution in [0, 0.1) is 0 Å². The lowest BCUT2D eigenvalue weighted by Gasteiger charge is -2.22. The van der Waals surface area contributed by atoms with Crippen molar-refractivity contribution in [3.05, 3.63) is 20.8 Å². The van der Waals surface area contributed by atoms with Crippen LogP contribution in [0.1, 0.15) is 31.8 Å². The molecular formula is C10H16BrNOS. The standard InChI is InChI=1S/C10H16BrNOS/c1-6(2)13-10(7(3)12)9-4-8(11)5-14-9/h4-7,10H,12H2,1-3H3. The molecule has 2 atom stereocenters. The first-order valence-electron chi connectivity index (χ1n) is 4.65. The van der Waals surface area contributed by atoms with Gasteiger partial charge in [-0.05, 0) is 42.8 Å². The molecule has 0 radical (unpaired) electrons. The van der Waals surface area contributed by atoms with Gasteiger partial charge in [-0.1, -0.05) is 0 Å². The Hall–Kier alpha value is 0.1000. The van der Waals surface area contributed by atoms with Crippen molar-refractivity contribution in [1.82, 2.24) is 0 Å². The van der Waals surface area contributed by atoms with Crippen LogP contribution in [-0.2, 0) is 4.74 Å². The summed E-state index contributed by atoms with van der Waals surface area (Å²) in [6.07, 6.45) is 0.207. The van der Waals surface area contributed by atoms with Crippen molar-refractivity contribution in [3.8, 4) is 0 Å². The van der Waals surface area contributed by atoms with Gasteiger partial charge >= 0.3 is 0 Å². The molecule has 1 heterocycles. The summed E-state index contributed by atoms with van der Waals surface area (Å²) < 4.78 is 6.87. The topological polar surface area (TPSA) is 35.2 Å². The van der Waals surface area contributed by atoms with E-state index in [1.54, 1.807) is 11.3 Å². The predicted molar refractivity (Wildman–Crippen MR) is 64.6 cm³/mol. The first kappa shape index (κ1) is 12.2. The molecule has 0 saturated carbocycles. The Morgan fingerprint density at radius 1 is 1.43 bits per heavy atom. The zero-order chi connectivity index (χ0) is 10.7. The molecule has 0 aromatic carbocycles. The van der Waals surface area contributed by atoms with E-state index >= 15 is 0 Å². The predicted octanol–water partition coefficient (Wildman–Crippen LogP) is 3.32. The molecule has 0 fully saturated rings. The normalized spacial score (nSPS) is 15.9. The molecule has 80 valence electrons. The molecule has 0 aliphatic rings. The van der Waals surface area contributed by atoms with E-state index in [-0.39, 0.29) is 18.2 Å². The van der Waals surface area contributed by atoms with Crippen molar-refractivity contribution in [2.24, 2.45) is 5.73 Å². The van der Waals surface area contributed by atoms with Crippen LogP contribution in [0.3, 0.4) is 0 Å². The van der Waals surface area contributed by atoms with E-state index in [1.807, 2.05) is 20.8 Å². The summed E-state index contributed by atoms with van der Waals surface area (Å²) in [6.45, 7) is 6.02. The zero-order valence-corrected chi connectivity index (χ0v) is 11.1. The van der Waals surface area contributed by atoms with Crippen molar-refractivity contribution in [3.63, 3.8) is 0 Å². The Bertz CT molecular complexity index is 285. The van der Waals surface area contributed by atoms with E-state index in [0.717, 1.165) is 4.47 Å². The van der Waals surface area contributed by atoms with E-state index in [0.29, 0.717) is 0 Å². The highest BCUT2D eigenvalue weighted by molar-refractivity contribution is 9.10. The summed E-state index contributed by atoms with van der Waals surface area (Å²) in [5, 5.41) is 2.05. The number of nitrogens with two attached hydrogens (primary N) is 1. The zero-order valence-electron chi connectivity index (χ0n) is 8.66. The van der Waals surface area contributed by atoms with Gasteiger partial charge in [0.05, 0.1) is 6.10 Å². The monoisotopic (exact) mass is 277 g/mol. The summed E-state index contributed by atoms with van der Waals surface area (Å²) in [6, 6.07) is 2.09. The van der Waals surface area contributed by atoms with Crippen LogP contribution >= 0.6 is 27.3 Å². The van der Waals surface area contributed by atoms with Crippen LogP contribution < -0.4 is 5.73 Å². The van der Waals surface area contributed by atoms with Gasteiger partial charge in [0, 0.05) is 20.8 Å². The molecule has 0 amide bonds. The molecule has 0 aliphatic heterocycles. The van der Waals surface area contributed by atoms with Gasteiger partial charge in [-0.15, -0.1) is 11.3 Å². The molecule has 2 unspecified atom stereocenters. The summed E-state index contributed by atoms with van der Waals surface area (Å²) in [5.74, 6) is 0. The van der Waals surface area contributed by atoms with Crippen LogP contribution in [0.5, 0.6) is 0 Å². The average molecular weight is 278 g/mol. The Morgan fingerprint density at radius 3 is 2.43 bits per heavy atom. The van der Waals surface area contributed by atoms with Crippen LogP contribution in [0.25, 0.3) is 0 Å². The highest BCUT2D eigenvalue weighted by Gasteiger charge is 2.19. The Balaban J connectivity index is 2.77. The van der Waals surface area contributed by atoms with Crippen molar-refractivity contribution in [1.29, 1.82) is 0 Å². The van der Waals surface area contributed by atoms with E-state index in [2.05, 4.69) is 27.4 Å². The van der Waals surface area contributed by atoms with Crippen LogP contribution in [0.2, 0.25) is 0 Å². The first-order valence-corrected chi connectivity index (χ1v) is 6.33. The van der Waals surface area contributed by atoms with Gasteiger partial charge in [-0.2, -0.15) is 0 Å². The molecule has 4 heteroatoms. The van der Waals surface area contributed by atoms with Crippen molar-refractivity contribution in [2.75, 3.05) is 0 Å². The lowest BCUT2D eigenvalue weighted by atomic mass is 10.1. The Morgan fingerprint density at radius 2 is 2.07 bits per heavy atom. The lowest BCUT2D eigenvalue weighted by Crippen LogP contribution is -2.28. The van der Waals surface area contributed by atoms with Crippen molar-refractivity contribution < 1.29 is 4.74 Å². The molecule has 0 aliphatic carbocycles. The van der Waals surface area contributed by atoms with Gasteiger partial charge in [0.25, 0.3) is 0 Å². The first-order chi connectivity index (χ1) is 6.50. The number of halogens is 1. The van der Waals surface area contributed by atoms with Crippen LogP contribution in [0.4, 0.5) is 0 Å². The minimum Gasteiger partial charge on any atom is -0.368 e. The van der Waals surface area contributed by atoms with E-state index in [9.17, 15) is 0 Å². The maximum absolute atomic E-state index is 5.89. The molecule has 1 aromatic heterocycles. The second-order valence-electron chi connectivity index (χ2n) is 3.63. The summed E-state index contributed by atoms with van der Waals surface area (Å²) in [4.78, 5) is 1.18. The van der Waals surface area contributed by atoms with E-state index in [4.69, 9.17) is 10.5 Å². The minimum absolute atomic E-state index is 0.00583. The number of hydrogen-bond donors (Lipinski definition) is 1. The quantitative estimate of drug-likeness (QED) is 0.917. The number of ether oxygens (including phenoxy) is 1. The highest BCUT2D eigenvalue weighted by Crippen LogP contribution is 2.30. The molecule has 2 nitrogen and oxygen atoms in total. The largest absolute Gasteiger partial charge is 0.368 e. The fourth-order valence-corrected chi connectivity index (χ4v) is 2.82. The Kier molecular flexibility index (Phi) is 4.57. The summed E-state index contributed by atoms with van der Waals surface area (Å²) >= 11 is 5.11. The molecule has 0 saturated heterocycles. The van der Waals surface area contributed by atoms with Gasteiger partial charge in [0.2, 0.25) is 0 Å². The molecular weight excluding hydrogens is 262 g/mol. The SMILES string of the molecule is CC(C)OC(c1cc(Br)cs1)C(C)N. The maximum Gasteiger partial charge on any atom is 0.107 e. The summed E-state index contributed by atoms with van der Waals surface area (Å²) in [7, 11) is 0. The van der Waals surface area contributed by atoms with E-state index in [1.165, 1.54) is 4.88 Å². The van der Waals surface area contributed by atoms with Gasteiger partial charge in [-0.25, -0.2) is 0 Å². The van der Waals surface area contributed by atoms with Crippen molar-refractivity contribution >= 4 is 27.3 Å². The van der Waals surface area contributed by atoms with Gasteiger partial charge < -0.3 is 10.5 Å². The fraction of sp³-hybridized carbons (Fsp3) is 0.600. The maximum atomic E-state index is 5.89. The third-order valence-electron chi connectivity index (χ3n) is 1.76. The molecule has 1 rings (SSSR count). The Labute approximate surface area is 97.6 Å². The molecule has 0 bridgehead atoms. The fourth-order valence-electron chi connectivity index (χ4n) is 1.22. The minimum atomic E-state index is 0.00583. The lowest BCUT2D eigenvalue weighted by molar-refractivity contribution is -0.00306. The number of rotatable bonds is 4. The van der Waals surface area contributed by atoms with Gasteiger partial charge in [0.1, 0.15) is 6.10 Å². The van der Waals surface area contributed by atoms with Crippen LogP contribution in [0.15, 0.2) is 15.9 Å². The second-order valence-corrected chi connectivity index (χ2v) is 5.49. The van der Waals surface area contributed by atoms with E-state index < -0.39 is 0 Å². The van der Waals surface area contributed by atoms with Gasteiger partial charge in [-0.3, -0.25) is 0 Å². The second kappa shape index (κ2) is 5.26. The third-order valence-corrected chi connectivity index (χ3v) is 3.52. The third kappa shape index (κ3) is 3.35.